The summed E-state index contributed by atoms with van der Waals surface area (Å²) in [6.07, 6.45) is -8.25. The Morgan fingerprint density at radius 3 is 2.00 bits per heavy atom. The highest BCUT2D eigenvalue weighted by Crippen LogP contribution is 2.38. The van der Waals surface area contributed by atoms with E-state index >= 15 is 0 Å². The van der Waals surface area contributed by atoms with Gasteiger partial charge in [0.2, 0.25) is 0 Å². The second kappa shape index (κ2) is 7.90. The molecule has 0 aliphatic heterocycles. The second-order valence-corrected chi connectivity index (χ2v) is 6.38. The molecular formula is C18H12ClF6N5. The molecule has 0 spiro atoms. The number of nitrogen functional groups attached to an aromatic ring is 1. The highest BCUT2D eigenvalue weighted by molar-refractivity contribution is 6.33. The van der Waals surface area contributed by atoms with Gasteiger partial charge in [0, 0.05) is 0 Å². The zero-order valence-electron chi connectivity index (χ0n) is 14.7. The topological polar surface area (TPSA) is 75.9 Å². The van der Waals surface area contributed by atoms with Gasteiger partial charge in [0.1, 0.15) is 12.0 Å². The number of hydrogen-bond acceptors (Lipinski definition) is 5. The van der Waals surface area contributed by atoms with E-state index < -0.39 is 23.5 Å². The van der Waals surface area contributed by atoms with E-state index in [-0.39, 0.29) is 33.7 Å². The predicted octanol–water partition coefficient (Wildman–Crippen LogP) is 6.24. The fourth-order valence-electron chi connectivity index (χ4n) is 2.49. The molecule has 0 radical (unpaired) electrons. The van der Waals surface area contributed by atoms with Crippen molar-refractivity contribution < 1.29 is 26.3 Å². The first-order valence-electron chi connectivity index (χ1n) is 8.14. The van der Waals surface area contributed by atoms with Crippen LogP contribution in [0.5, 0.6) is 0 Å². The van der Waals surface area contributed by atoms with E-state index in [1.54, 1.807) is 0 Å². The number of nitrogens with one attached hydrogen (secondary N) is 2. The summed E-state index contributed by atoms with van der Waals surface area (Å²) in [6, 6.07) is 7.27. The maximum Gasteiger partial charge on any atom is 0.418 e. The van der Waals surface area contributed by atoms with E-state index in [1.165, 1.54) is 18.2 Å². The second-order valence-electron chi connectivity index (χ2n) is 5.97. The number of anilines is 5. The third-order valence-electron chi connectivity index (χ3n) is 3.92. The van der Waals surface area contributed by atoms with Crippen molar-refractivity contribution in [2.45, 2.75) is 12.4 Å². The van der Waals surface area contributed by atoms with E-state index in [1.807, 2.05) is 0 Å². The van der Waals surface area contributed by atoms with Crippen LogP contribution >= 0.6 is 11.6 Å². The molecule has 0 aliphatic carbocycles. The molecule has 2 aromatic carbocycles. The average molecular weight is 448 g/mol. The summed E-state index contributed by atoms with van der Waals surface area (Å²) in [5.74, 6) is -0.314. The number of halogens is 7. The summed E-state index contributed by atoms with van der Waals surface area (Å²) >= 11 is 5.93. The van der Waals surface area contributed by atoms with Crippen LogP contribution in [-0.2, 0) is 12.4 Å². The van der Waals surface area contributed by atoms with Crippen LogP contribution in [0.15, 0.2) is 48.8 Å². The summed E-state index contributed by atoms with van der Waals surface area (Å²) in [7, 11) is 0. The first-order chi connectivity index (χ1) is 14.0. The number of para-hydroxylation sites is 1. The molecule has 0 unspecified atom stereocenters. The number of alkyl halides is 6. The van der Waals surface area contributed by atoms with Crippen LogP contribution in [0.4, 0.5) is 55.0 Å². The van der Waals surface area contributed by atoms with Gasteiger partial charge >= 0.3 is 12.4 Å². The lowest BCUT2D eigenvalue weighted by Gasteiger charge is -2.17. The molecule has 1 aromatic heterocycles. The summed E-state index contributed by atoms with van der Waals surface area (Å²) < 4.78 is 78.3. The van der Waals surface area contributed by atoms with Crippen LogP contribution in [0.2, 0.25) is 5.02 Å². The molecule has 0 amide bonds. The summed E-state index contributed by atoms with van der Waals surface area (Å²) in [4.78, 5) is 7.64. The molecule has 1 heterocycles. The number of benzene rings is 2. The monoisotopic (exact) mass is 447 g/mol. The van der Waals surface area contributed by atoms with Gasteiger partial charge in [-0.1, -0.05) is 23.7 Å². The van der Waals surface area contributed by atoms with Crippen molar-refractivity contribution in [3.63, 3.8) is 0 Å². The molecule has 30 heavy (non-hydrogen) atoms. The fourth-order valence-corrected chi connectivity index (χ4v) is 2.65. The third kappa shape index (κ3) is 4.67. The molecule has 3 aromatic rings. The van der Waals surface area contributed by atoms with Gasteiger partial charge in [-0.2, -0.15) is 26.3 Å². The molecule has 158 valence electrons. The zero-order valence-corrected chi connectivity index (χ0v) is 15.5. The van der Waals surface area contributed by atoms with Crippen LogP contribution < -0.4 is 16.4 Å². The average Bonchev–Trinajstić information content (AvgIpc) is 2.65. The van der Waals surface area contributed by atoms with Crippen molar-refractivity contribution in [3.05, 3.63) is 64.9 Å². The summed E-state index contributed by atoms with van der Waals surface area (Å²) in [5, 5.41) is 4.98. The first kappa shape index (κ1) is 21.5. The van der Waals surface area contributed by atoms with Gasteiger partial charge in [0.15, 0.2) is 11.6 Å². The third-order valence-corrected chi connectivity index (χ3v) is 4.25. The summed E-state index contributed by atoms with van der Waals surface area (Å²) in [6.45, 7) is 0. The Hall–Kier alpha value is -3.21. The van der Waals surface area contributed by atoms with Crippen LogP contribution in [0.25, 0.3) is 0 Å². The van der Waals surface area contributed by atoms with Crippen molar-refractivity contribution in [2.24, 2.45) is 0 Å². The molecule has 4 N–H and O–H groups in total. The van der Waals surface area contributed by atoms with E-state index in [9.17, 15) is 26.3 Å². The molecule has 0 saturated heterocycles. The molecule has 5 nitrogen and oxygen atoms in total. The van der Waals surface area contributed by atoms with Crippen LogP contribution in [0, 0.1) is 0 Å². The van der Waals surface area contributed by atoms with Crippen LogP contribution in [-0.4, -0.2) is 9.97 Å². The molecule has 3 rings (SSSR count). The fraction of sp³-hybridized carbons (Fsp3) is 0.111. The standard InChI is InChI=1S/C18H12ClF6N5/c19-11-6-5-9(17(20,21)22)7-13(11)30-16-14(26)15(27-8-28-16)29-12-4-2-1-3-10(12)18(23,24)25/h1-8H,26H2,(H2,27,28,29,30). The Balaban J connectivity index is 1.94. The first-order valence-corrected chi connectivity index (χ1v) is 8.52. The number of aromatic nitrogens is 2. The molecule has 0 atom stereocenters. The van der Waals surface area contributed by atoms with Crippen molar-refractivity contribution in [1.82, 2.24) is 9.97 Å². The number of rotatable bonds is 4. The van der Waals surface area contributed by atoms with Gasteiger partial charge in [0.05, 0.1) is 27.5 Å². The predicted molar refractivity (Wildman–Crippen MR) is 101 cm³/mol. The van der Waals surface area contributed by atoms with Gasteiger partial charge in [-0.25, -0.2) is 9.97 Å². The number of nitrogens with two attached hydrogens (primary N) is 1. The minimum absolute atomic E-state index is 0.0436. The van der Waals surface area contributed by atoms with Crippen LogP contribution in [0.1, 0.15) is 11.1 Å². The van der Waals surface area contributed by atoms with Gasteiger partial charge < -0.3 is 16.4 Å². The van der Waals surface area contributed by atoms with Gasteiger partial charge in [0.25, 0.3) is 0 Å². The number of nitrogens with zero attached hydrogens (tertiary/aromatic N) is 2. The van der Waals surface area contributed by atoms with E-state index in [2.05, 4.69) is 20.6 Å². The van der Waals surface area contributed by atoms with Crippen molar-refractivity contribution in [3.8, 4) is 0 Å². The van der Waals surface area contributed by atoms with Crippen molar-refractivity contribution in [1.29, 1.82) is 0 Å². The van der Waals surface area contributed by atoms with E-state index in [0.29, 0.717) is 0 Å². The minimum Gasteiger partial charge on any atom is -0.393 e. The highest BCUT2D eigenvalue weighted by atomic mass is 35.5. The molecule has 0 fully saturated rings. The van der Waals surface area contributed by atoms with E-state index in [0.717, 1.165) is 30.6 Å². The Kier molecular flexibility index (Phi) is 5.66. The quantitative estimate of drug-likeness (QED) is 0.413. The van der Waals surface area contributed by atoms with Gasteiger partial charge in [-0.3, -0.25) is 0 Å². The molecular weight excluding hydrogens is 436 g/mol. The lowest BCUT2D eigenvalue weighted by atomic mass is 10.1. The lowest BCUT2D eigenvalue weighted by Crippen LogP contribution is -2.11. The number of hydrogen-bond donors (Lipinski definition) is 3. The smallest absolute Gasteiger partial charge is 0.393 e. The Morgan fingerprint density at radius 1 is 0.800 bits per heavy atom. The normalized spacial score (nSPS) is 12.0. The lowest BCUT2D eigenvalue weighted by molar-refractivity contribution is -0.138. The Morgan fingerprint density at radius 2 is 1.40 bits per heavy atom. The maximum absolute atomic E-state index is 13.2. The minimum atomic E-state index is -4.63. The zero-order chi connectivity index (χ0) is 22.1. The Bertz CT molecular complexity index is 1070. The van der Waals surface area contributed by atoms with Gasteiger partial charge in [-0.05, 0) is 30.3 Å². The maximum atomic E-state index is 13.2. The molecule has 0 bridgehead atoms. The summed E-state index contributed by atoms with van der Waals surface area (Å²) in [5.41, 5.74) is 3.34. The Labute approximate surface area is 170 Å². The largest absolute Gasteiger partial charge is 0.418 e. The van der Waals surface area contributed by atoms with Crippen molar-refractivity contribution in [2.75, 3.05) is 16.4 Å². The van der Waals surface area contributed by atoms with Crippen molar-refractivity contribution >= 4 is 40.3 Å². The molecule has 12 heteroatoms. The van der Waals surface area contributed by atoms with E-state index in [4.69, 9.17) is 17.3 Å². The van der Waals surface area contributed by atoms with Crippen LogP contribution in [0.3, 0.4) is 0 Å². The highest BCUT2D eigenvalue weighted by Gasteiger charge is 2.33. The SMILES string of the molecule is Nc1c(Nc2cc(C(F)(F)F)ccc2Cl)ncnc1Nc1ccccc1C(F)(F)F. The molecule has 0 aliphatic rings. The van der Waals surface area contributed by atoms with Gasteiger partial charge in [-0.15, -0.1) is 0 Å². The molecule has 0 saturated carbocycles.